The molecule has 1 aromatic carbocycles. The molecule has 0 fully saturated rings. The lowest BCUT2D eigenvalue weighted by Gasteiger charge is -1.90. The molecule has 0 saturated heterocycles. The van der Waals surface area contributed by atoms with Crippen LogP contribution in [0.3, 0.4) is 0 Å². The molecular formula is C12H7IOS. The van der Waals surface area contributed by atoms with Crippen molar-refractivity contribution in [1.82, 2.24) is 0 Å². The average Bonchev–Trinajstić information content (AvgIpc) is 2.87. The summed E-state index contributed by atoms with van der Waals surface area (Å²) in [5.74, 6) is 0.984. The molecule has 3 heteroatoms. The van der Waals surface area contributed by atoms with Gasteiger partial charge in [-0.25, -0.2) is 0 Å². The predicted molar refractivity (Wildman–Crippen MR) is 72.2 cm³/mol. The monoisotopic (exact) mass is 326 g/mol. The van der Waals surface area contributed by atoms with Crippen molar-refractivity contribution in [3.05, 3.63) is 44.7 Å². The quantitative estimate of drug-likeness (QED) is 0.587. The highest BCUT2D eigenvalue weighted by atomic mass is 127. The van der Waals surface area contributed by atoms with E-state index in [4.69, 9.17) is 4.42 Å². The first kappa shape index (κ1) is 9.42. The van der Waals surface area contributed by atoms with Crippen molar-refractivity contribution in [3.8, 4) is 11.3 Å². The van der Waals surface area contributed by atoms with Crippen LogP contribution in [-0.4, -0.2) is 0 Å². The van der Waals surface area contributed by atoms with Crippen LogP contribution in [0.25, 0.3) is 22.3 Å². The van der Waals surface area contributed by atoms with Crippen molar-refractivity contribution in [3.63, 3.8) is 0 Å². The minimum absolute atomic E-state index is 0.961. The number of furan rings is 1. The minimum Gasteiger partial charge on any atom is -0.455 e. The molecule has 3 aromatic rings. The fourth-order valence-electron chi connectivity index (χ4n) is 1.59. The van der Waals surface area contributed by atoms with Gasteiger partial charge in [-0.15, -0.1) is 0 Å². The fraction of sp³-hybridized carbons (Fsp3) is 0. The van der Waals surface area contributed by atoms with Crippen molar-refractivity contribution in [2.45, 2.75) is 0 Å². The number of benzene rings is 1. The van der Waals surface area contributed by atoms with E-state index >= 15 is 0 Å². The molecule has 3 rings (SSSR count). The van der Waals surface area contributed by atoms with E-state index in [1.807, 2.05) is 18.2 Å². The molecule has 0 bridgehead atoms. The largest absolute Gasteiger partial charge is 0.455 e. The van der Waals surface area contributed by atoms with E-state index in [1.54, 1.807) is 11.3 Å². The molecule has 0 aliphatic carbocycles. The van der Waals surface area contributed by atoms with E-state index in [0.29, 0.717) is 0 Å². The summed E-state index contributed by atoms with van der Waals surface area (Å²) in [6.45, 7) is 0. The van der Waals surface area contributed by atoms with Crippen LogP contribution >= 0.6 is 33.9 Å². The van der Waals surface area contributed by atoms with Gasteiger partial charge >= 0.3 is 0 Å². The second-order valence-electron chi connectivity index (χ2n) is 3.25. The Hall–Kier alpha value is -0.810. The van der Waals surface area contributed by atoms with Gasteiger partial charge in [-0.3, -0.25) is 0 Å². The molecule has 74 valence electrons. The summed E-state index contributed by atoms with van der Waals surface area (Å²) in [5.41, 5.74) is 2.13. The molecule has 0 aliphatic rings. The molecule has 0 aliphatic heterocycles. The lowest BCUT2D eigenvalue weighted by Crippen LogP contribution is -1.71. The number of halogens is 1. The van der Waals surface area contributed by atoms with Crippen molar-refractivity contribution in [2.75, 3.05) is 0 Å². The number of rotatable bonds is 1. The van der Waals surface area contributed by atoms with Crippen LogP contribution in [-0.2, 0) is 0 Å². The topological polar surface area (TPSA) is 13.1 Å². The molecule has 0 atom stereocenters. The van der Waals surface area contributed by atoms with E-state index in [9.17, 15) is 0 Å². The van der Waals surface area contributed by atoms with Crippen LogP contribution in [0.1, 0.15) is 0 Å². The van der Waals surface area contributed by atoms with Crippen molar-refractivity contribution < 1.29 is 4.42 Å². The summed E-state index contributed by atoms with van der Waals surface area (Å²) in [4.78, 5) is 0. The number of hydrogen-bond acceptors (Lipinski definition) is 2. The van der Waals surface area contributed by atoms with Crippen molar-refractivity contribution in [1.29, 1.82) is 0 Å². The van der Waals surface area contributed by atoms with Crippen LogP contribution in [0.5, 0.6) is 0 Å². The number of thiophene rings is 1. The summed E-state index contributed by atoms with van der Waals surface area (Å²) in [6.07, 6.45) is 0. The van der Waals surface area contributed by atoms with Crippen molar-refractivity contribution >= 4 is 44.9 Å². The maximum Gasteiger partial charge on any atom is 0.149 e. The molecule has 0 spiro atoms. The van der Waals surface area contributed by atoms with Gasteiger partial charge in [0.05, 0.1) is 3.57 Å². The number of para-hydroxylation sites is 1. The number of fused-ring (bicyclic) bond motifs is 1. The van der Waals surface area contributed by atoms with Gasteiger partial charge in [0.2, 0.25) is 0 Å². The summed E-state index contributed by atoms with van der Waals surface area (Å²) >= 11 is 4.04. The van der Waals surface area contributed by atoms with E-state index in [-0.39, 0.29) is 0 Å². The zero-order valence-electron chi connectivity index (χ0n) is 7.74. The molecular weight excluding hydrogens is 319 g/mol. The Morgan fingerprint density at radius 2 is 2.00 bits per heavy atom. The third kappa shape index (κ3) is 1.50. The molecule has 2 heterocycles. The summed E-state index contributed by atoms with van der Waals surface area (Å²) in [6, 6.07) is 10.2. The lowest BCUT2D eigenvalue weighted by atomic mass is 10.2. The zero-order valence-corrected chi connectivity index (χ0v) is 10.7. The normalized spacial score (nSPS) is 11.0. The Morgan fingerprint density at radius 3 is 2.73 bits per heavy atom. The Kier molecular flexibility index (Phi) is 2.29. The van der Waals surface area contributed by atoms with Crippen LogP contribution in [0, 0.1) is 3.57 Å². The third-order valence-electron chi connectivity index (χ3n) is 2.32. The molecule has 2 aromatic heterocycles. The number of hydrogen-bond donors (Lipinski definition) is 0. The maximum absolute atomic E-state index is 5.84. The van der Waals surface area contributed by atoms with E-state index in [2.05, 4.69) is 45.5 Å². The standard InChI is InChI=1S/C12H7IOS/c13-11-9-3-1-2-4-10(9)14-12(11)8-5-6-15-7-8/h1-7H. The molecule has 1 nitrogen and oxygen atoms in total. The highest BCUT2D eigenvalue weighted by Crippen LogP contribution is 2.35. The van der Waals surface area contributed by atoms with Crippen LogP contribution in [0.15, 0.2) is 45.5 Å². The van der Waals surface area contributed by atoms with Crippen LogP contribution in [0.4, 0.5) is 0 Å². The van der Waals surface area contributed by atoms with Gasteiger partial charge in [0, 0.05) is 16.3 Å². The Balaban J connectivity index is 2.33. The molecule has 15 heavy (non-hydrogen) atoms. The molecule has 0 unspecified atom stereocenters. The molecule has 0 amide bonds. The summed E-state index contributed by atoms with van der Waals surface area (Å²) in [5, 5.41) is 5.37. The first-order valence-corrected chi connectivity index (χ1v) is 6.58. The highest BCUT2D eigenvalue weighted by molar-refractivity contribution is 14.1. The van der Waals surface area contributed by atoms with Gasteiger partial charge in [0.1, 0.15) is 11.3 Å². The Labute approximate surface area is 105 Å². The fourth-order valence-corrected chi connectivity index (χ4v) is 3.10. The SMILES string of the molecule is Ic1c(-c2ccsc2)oc2ccccc12. The smallest absolute Gasteiger partial charge is 0.149 e. The maximum atomic E-state index is 5.84. The van der Waals surface area contributed by atoms with Crippen LogP contribution < -0.4 is 0 Å². The molecule has 0 radical (unpaired) electrons. The highest BCUT2D eigenvalue weighted by Gasteiger charge is 2.12. The van der Waals surface area contributed by atoms with Gasteiger partial charge in [0.25, 0.3) is 0 Å². The lowest BCUT2D eigenvalue weighted by molar-refractivity contribution is 0.630. The first-order chi connectivity index (χ1) is 7.36. The van der Waals surface area contributed by atoms with Crippen molar-refractivity contribution in [2.24, 2.45) is 0 Å². The van der Waals surface area contributed by atoms with Gasteiger partial charge < -0.3 is 4.42 Å². The van der Waals surface area contributed by atoms with E-state index in [0.717, 1.165) is 11.3 Å². The summed E-state index contributed by atoms with van der Waals surface area (Å²) < 4.78 is 7.04. The zero-order chi connectivity index (χ0) is 10.3. The van der Waals surface area contributed by atoms with E-state index in [1.165, 1.54) is 14.5 Å². The predicted octanol–water partition coefficient (Wildman–Crippen LogP) is 4.77. The third-order valence-corrected chi connectivity index (χ3v) is 4.07. The average molecular weight is 326 g/mol. The van der Waals surface area contributed by atoms with Gasteiger partial charge in [-0.2, -0.15) is 11.3 Å². The first-order valence-electron chi connectivity index (χ1n) is 4.56. The van der Waals surface area contributed by atoms with E-state index < -0.39 is 0 Å². The van der Waals surface area contributed by atoms with Gasteiger partial charge in [-0.05, 0) is 40.1 Å². The van der Waals surface area contributed by atoms with Gasteiger partial charge in [0.15, 0.2) is 0 Å². The molecule has 0 N–H and O–H groups in total. The van der Waals surface area contributed by atoms with Crippen LogP contribution in [0.2, 0.25) is 0 Å². The molecule has 0 saturated carbocycles. The second-order valence-corrected chi connectivity index (χ2v) is 5.11. The second kappa shape index (κ2) is 3.64. The minimum atomic E-state index is 0.961. The Bertz CT molecular complexity index is 595. The Morgan fingerprint density at radius 1 is 1.13 bits per heavy atom. The summed E-state index contributed by atoms with van der Waals surface area (Å²) in [7, 11) is 0. The van der Waals surface area contributed by atoms with Gasteiger partial charge in [-0.1, -0.05) is 18.2 Å².